The molecule has 2 aliphatic rings. The maximum atomic E-state index is 12.4. The Morgan fingerprint density at radius 1 is 1.10 bits per heavy atom. The molecule has 2 atom stereocenters. The van der Waals surface area contributed by atoms with Gasteiger partial charge >= 0.3 is 0 Å². The van der Waals surface area contributed by atoms with E-state index in [9.17, 15) is 15.0 Å². The largest absolute Gasteiger partial charge is 0.504 e. The molecule has 2 N–H and O–H groups in total. The number of hydrogen-bond acceptors (Lipinski definition) is 3. The lowest BCUT2D eigenvalue weighted by Crippen LogP contribution is -2.49. The first-order valence-corrected chi connectivity index (χ1v) is 7.35. The maximum absolute atomic E-state index is 12.4. The Bertz CT molecular complexity index is 588. The number of benzene rings is 1. The molecule has 1 fully saturated rings. The quantitative estimate of drug-likeness (QED) is 0.708. The molecule has 0 heterocycles. The van der Waals surface area contributed by atoms with Crippen LogP contribution in [0.15, 0.2) is 12.1 Å². The Morgan fingerprint density at radius 3 is 2.45 bits per heavy atom. The third kappa shape index (κ3) is 1.68. The number of hydrogen-bond donors (Lipinski definition) is 2. The van der Waals surface area contributed by atoms with E-state index in [1.165, 1.54) is 6.07 Å². The molecule has 3 heteroatoms. The normalized spacial score (nSPS) is 31.6. The lowest BCUT2D eigenvalue weighted by Gasteiger charge is -2.53. The molecule has 2 aliphatic carbocycles. The van der Waals surface area contributed by atoms with Crippen LogP contribution in [-0.2, 0) is 5.41 Å². The van der Waals surface area contributed by atoms with E-state index >= 15 is 0 Å². The van der Waals surface area contributed by atoms with Crippen molar-refractivity contribution in [3.63, 3.8) is 0 Å². The van der Waals surface area contributed by atoms with Gasteiger partial charge in [0, 0.05) is 12.0 Å². The van der Waals surface area contributed by atoms with Gasteiger partial charge in [0.05, 0.1) is 0 Å². The van der Waals surface area contributed by atoms with Crippen LogP contribution in [0.4, 0.5) is 0 Å². The Morgan fingerprint density at radius 2 is 1.75 bits per heavy atom. The van der Waals surface area contributed by atoms with E-state index in [2.05, 4.69) is 20.8 Å². The Labute approximate surface area is 119 Å². The smallest absolute Gasteiger partial charge is 0.163 e. The highest BCUT2D eigenvalue weighted by Crippen LogP contribution is 2.57. The van der Waals surface area contributed by atoms with Crippen LogP contribution in [0.25, 0.3) is 0 Å². The highest BCUT2D eigenvalue weighted by Gasteiger charge is 2.52. The summed E-state index contributed by atoms with van der Waals surface area (Å²) in [6, 6.07) is 3.05. The zero-order chi connectivity index (χ0) is 14.7. The van der Waals surface area contributed by atoms with Crippen molar-refractivity contribution in [2.75, 3.05) is 0 Å². The van der Waals surface area contributed by atoms with Crippen LogP contribution in [0.2, 0.25) is 0 Å². The Hall–Kier alpha value is -1.51. The molecule has 0 amide bonds. The first-order valence-electron chi connectivity index (χ1n) is 7.35. The van der Waals surface area contributed by atoms with Gasteiger partial charge in [-0.3, -0.25) is 4.79 Å². The topological polar surface area (TPSA) is 57.5 Å². The fourth-order valence-corrected chi connectivity index (χ4v) is 4.52. The molecular weight excluding hydrogens is 252 g/mol. The van der Waals surface area contributed by atoms with Crippen LogP contribution in [0, 0.1) is 11.3 Å². The van der Waals surface area contributed by atoms with E-state index in [0.29, 0.717) is 17.9 Å². The molecule has 1 aromatic carbocycles. The van der Waals surface area contributed by atoms with Crippen LogP contribution < -0.4 is 0 Å². The molecule has 3 nitrogen and oxygen atoms in total. The van der Waals surface area contributed by atoms with Crippen LogP contribution in [0.1, 0.15) is 62.4 Å². The lowest BCUT2D eigenvalue weighted by atomic mass is 9.50. The molecule has 3 rings (SSSR count). The van der Waals surface area contributed by atoms with Crippen molar-refractivity contribution in [1.82, 2.24) is 0 Å². The van der Waals surface area contributed by atoms with Crippen LogP contribution in [-0.4, -0.2) is 16.0 Å². The second-order valence-corrected chi connectivity index (χ2v) is 7.33. The minimum Gasteiger partial charge on any atom is -0.504 e. The predicted octanol–water partition coefficient (Wildman–Crippen LogP) is 3.77. The molecule has 0 bridgehead atoms. The van der Waals surface area contributed by atoms with Crippen LogP contribution >= 0.6 is 0 Å². The molecule has 0 radical (unpaired) electrons. The molecule has 0 aliphatic heterocycles. The second-order valence-electron chi connectivity index (χ2n) is 7.33. The van der Waals surface area contributed by atoms with Gasteiger partial charge in [0.25, 0.3) is 0 Å². The minimum atomic E-state index is -0.200. The summed E-state index contributed by atoms with van der Waals surface area (Å²) in [5.41, 5.74) is 1.56. The monoisotopic (exact) mass is 274 g/mol. The van der Waals surface area contributed by atoms with Gasteiger partial charge in [-0.15, -0.1) is 0 Å². The maximum Gasteiger partial charge on any atom is 0.163 e. The van der Waals surface area contributed by atoms with Gasteiger partial charge in [-0.05, 0) is 47.3 Å². The highest BCUT2D eigenvalue weighted by atomic mass is 16.3. The fraction of sp³-hybridized carbons (Fsp3) is 0.588. The number of rotatable bonds is 0. The molecule has 0 aromatic heterocycles. The number of Topliss-reactive ketones (excluding diaryl/α,β-unsaturated/α-hetero) is 1. The molecule has 0 spiro atoms. The van der Waals surface area contributed by atoms with Crippen LogP contribution in [0.5, 0.6) is 11.5 Å². The molecule has 20 heavy (non-hydrogen) atoms. The highest BCUT2D eigenvalue weighted by molar-refractivity contribution is 6.00. The van der Waals surface area contributed by atoms with E-state index in [0.717, 1.165) is 24.8 Å². The van der Waals surface area contributed by atoms with Gasteiger partial charge in [-0.1, -0.05) is 27.2 Å². The molecule has 0 saturated heterocycles. The van der Waals surface area contributed by atoms with E-state index in [-0.39, 0.29) is 28.1 Å². The number of fused-ring (bicyclic) bond motifs is 3. The SMILES string of the molecule is CC1(C)CCC[C@]2(C)c3cc(O)c(O)cc3C(=O)CC12. The summed E-state index contributed by atoms with van der Waals surface area (Å²) in [7, 11) is 0. The second kappa shape index (κ2) is 4.00. The van der Waals surface area contributed by atoms with Crippen molar-refractivity contribution >= 4 is 5.78 Å². The van der Waals surface area contributed by atoms with Crippen LogP contribution in [0.3, 0.4) is 0 Å². The third-order valence-electron chi connectivity index (χ3n) is 5.65. The predicted molar refractivity (Wildman–Crippen MR) is 77.2 cm³/mol. The van der Waals surface area contributed by atoms with Gasteiger partial charge in [0.15, 0.2) is 17.3 Å². The lowest BCUT2D eigenvalue weighted by molar-refractivity contribution is 0.0367. The van der Waals surface area contributed by atoms with E-state index in [1.807, 2.05) is 0 Å². The number of phenols is 2. The molecule has 1 aromatic rings. The van der Waals surface area contributed by atoms with Gasteiger partial charge in [-0.25, -0.2) is 0 Å². The zero-order valence-electron chi connectivity index (χ0n) is 12.4. The number of carbonyl (C=O) groups is 1. The Kier molecular flexibility index (Phi) is 2.69. The average molecular weight is 274 g/mol. The molecule has 1 saturated carbocycles. The van der Waals surface area contributed by atoms with Gasteiger partial charge in [0.2, 0.25) is 0 Å². The minimum absolute atomic E-state index is 0.0871. The number of carbonyl (C=O) groups excluding carboxylic acids is 1. The molecular formula is C17H22O3. The standard InChI is InChI=1S/C17H22O3/c1-16(2)5-4-6-17(3)11-8-14(20)13(19)7-10(11)12(18)9-15(16)17/h7-8,15,19-20H,4-6,9H2,1-3H3/t15?,17-/m1/s1. The van der Waals surface area contributed by atoms with Crippen molar-refractivity contribution < 1.29 is 15.0 Å². The zero-order valence-corrected chi connectivity index (χ0v) is 12.4. The first kappa shape index (κ1) is 13.5. The summed E-state index contributed by atoms with van der Waals surface area (Å²) >= 11 is 0. The van der Waals surface area contributed by atoms with Crippen molar-refractivity contribution in [2.24, 2.45) is 11.3 Å². The average Bonchev–Trinajstić information content (AvgIpc) is 2.35. The fourth-order valence-electron chi connectivity index (χ4n) is 4.52. The summed E-state index contributed by atoms with van der Waals surface area (Å²) < 4.78 is 0. The summed E-state index contributed by atoms with van der Waals surface area (Å²) in [5.74, 6) is 0.0662. The molecule has 108 valence electrons. The van der Waals surface area contributed by atoms with Crippen molar-refractivity contribution in [3.05, 3.63) is 23.3 Å². The van der Waals surface area contributed by atoms with Gasteiger partial charge < -0.3 is 10.2 Å². The van der Waals surface area contributed by atoms with E-state index in [1.54, 1.807) is 6.07 Å². The molecule has 1 unspecified atom stereocenters. The Balaban J connectivity index is 2.22. The van der Waals surface area contributed by atoms with Gasteiger partial charge in [0.1, 0.15) is 0 Å². The summed E-state index contributed by atoms with van der Waals surface area (Å²) in [6.07, 6.45) is 3.85. The summed E-state index contributed by atoms with van der Waals surface area (Å²) in [5, 5.41) is 19.5. The van der Waals surface area contributed by atoms with Gasteiger partial charge in [-0.2, -0.15) is 0 Å². The number of aromatic hydroxyl groups is 2. The van der Waals surface area contributed by atoms with Crippen molar-refractivity contribution in [3.8, 4) is 11.5 Å². The van der Waals surface area contributed by atoms with E-state index in [4.69, 9.17) is 0 Å². The first-order chi connectivity index (χ1) is 9.25. The van der Waals surface area contributed by atoms with E-state index < -0.39 is 0 Å². The van der Waals surface area contributed by atoms with Crippen molar-refractivity contribution in [2.45, 2.75) is 51.9 Å². The summed E-state index contributed by atoms with van der Waals surface area (Å²) in [4.78, 5) is 12.4. The third-order valence-corrected chi connectivity index (χ3v) is 5.65. The number of ketones is 1. The van der Waals surface area contributed by atoms with Crippen molar-refractivity contribution in [1.29, 1.82) is 0 Å². The summed E-state index contributed by atoms with van der Waals surface area (Å²) in [6.45, 7) is 6.70. The number of phenolic OH excluding ortho intramolecular Hbond substituents is 2.